The highest BCUT2D eigenvalue weighted by Gasteiger charge is 2.32. The first-order valence-corrected chi connectivity index (χ1v) is 7.84. The molecule has 2 aromatic rings. The van der Waals surface area contributed by atoms with Gasteiger partial charge >= 0.3 is 0 Å². The third-order valence-electron chi connectivity index (χ3n) is 3.46. The average molecular weight is 306 g/mol. The Morgan fingerprint density at radius 2 is 2.29 bits per heavy atom. The molecule has 1 atom stereocenters. The summed E-state index contributed by atoms with van der Waals surface area (Å²) < 4.78 is 31.9. The first kappa shape index (κ1) is 13.9. The number of sulfonamides is 1. The largest absolute Gasteiger partial charge is 0.399 e. The number of nitrogen functional groups attached to an aromatic ring is 1. The molecule has 0 aliphatic carbocycles. The van der Waals surface area contributed by atoms with E-state index in [9.17, 15) is 8.42 Å². The van der Waals surface area contributed by atoms with Gasteiger partial charge < -0.3 is 15.5 Å². The Labute approximate surface area is 122 Å². The van der Waals surface area contributed by atoms with Crippen LogP contribution < -0.4 is 5.73 Å². The molecular weight excluding hydrogens is 292 g/mol. The van der Waals surface area contributed by atoms with Gasteiger partial charge in [0.05, 0.1) is 19.2 Å². The molecule has 0 spiro atoms. The number of nitrogens with zero attached hydrogens (tertiary/aromatic N) is 2. The van der Waals surface area contributed by atoms with Crippen LogP contribution in [0.4, 0.5) is 5.69 Å². The van der Waals surface area contributed by atoms with E-state index in [1.165, 1.54) is 10.5 Å². The van der Waals surface area contributed by atoms with Crippen LogP contribution in [0.15, 0.2) is 29.3 Å². The van der Waals surface area contributed by atoms with Gasteiger partial charge in [-0.1, -0.05) is 0 Å². The molecule has 8 heteroatoms. The second kappa shape index (κ2) is 5.04. The summed E-state index contributed by atoms with van der Waals surface area (Å²) in [7, 11) is -3.69. The molecule has 0 saturated carbocycles. The summed E-state index contributed by atoms with van der Waals surface area (Å²) in [6, 6.07) is 7.01. The van der Waals surface area contributed by atoms with Crippen molar-refractivity contribution in [2.24, 2.45) is 0 Å². The van der Waals surface area contributed by atoms with E-state index in [4.69, 9.17) is 15.7 Å². The molecular formula is C13H14N4O3S. The molecule has 110 valence electrons. The number of H-pyrrole nitrogens is 1. The normalized spacial score (nSPS) is 20.4. The molecule has 1 fully saturated rings. The minimum atomic E-state index is -3.69. The second-order valence-corrected chi connectivity index (χ2v) is 6.72. The predicted molar refractivity (Wildman–Crippen MR) is 76.8 cm³/mol. The summed E-state index contributed by atoms with van der Waals surface area (Å²) in [4.78, 5) is 3.10. The van der Waals surface area contributed by atoms with E-state index in [2.05, 4.69) is 4.98 Å². The number of morpholine rings is 1. The van der Waals surface area contributed by atoms with Gasteiger partial charge in [0.15, 0.2) is 6.10 Å². The molecule has 1 saturated heterocycles. The molecule has 2 heterocycles. The van der Waals surface area contributed by atoms with E-state index in [1.54, 1.807) is 18.2 Å². The molecule has 1 aromatic carbocycles. The highest BCUT2D eigenvalue weighted by atomic mass is 32.2. The number of rotatable bonds is 2. The standard InChI is InChI=1S/C13H14N4O3S/c14-6-10-8-17(3-4-20-10)21(18,19)13-7-16-12-2-1-9(15)5-11(12)13/h1-2,5,7,10,16H,3-4,8,15H2. The number of anilines is 1. The fourth-order valence-electron chi connectivity index (χ4n) is 2.39. The van der Waals surface area contributed by atoms with Crippen molar-refractivity contribution in [3.05, 3.63) is 24.4 Å². The summed E-state index contributed by atoms with van der Waals surface area (Å²) >= 11 is 0. The monoisotopic (exact) mass is 306 g/mol. The first-order valence-electron chi connectivity index (χ1n) is 6.40. The second-order valence-electron chi connectivity index (χ2n) is 4.81. The highest BCUT2D eigenvalue weighted by molar-refractivity contribution is 7.89. The maximum Gasteiger partial charge on any atom is 0.245 e. The zero-order valence-electron chi connectivity index (χ0n) is 11.1. The molecule has 1 aliphatic rings. The Hall–Kier alpha value is -2.08. The molecule has 7 nitrogen and oxygen atoms in total. The van der Waals surface area contributed by atoms with E-state index in [1.807, 2.05) is 6.07 Å². The summed E-state index contributed by atoms with van der Waals surface area (Å²) in [6.45, 7) is 0.477. The Morgan fingerprint density at radius 3 is 3.05 bits per heavy atom. The molecule has 3 N–H and O–H groups in total. The molecule has 21 heavy (non-hydrogen) atoms. The van der Waals surface area contributed by atoms with Gasteiger partial charge in [0.1, 0.15) is 4.90 Å². The lowest BCUT2D eigenvalue weighted by molar-refractivity contribution is 0.0311. The van der Waals surface area contributed by atoms with E-state index in [0.717, 1.165) is 0 Å². The Kier molecular flexibility index (Phi) is 3.33. The van der Waals surface area contributed by atoms with Crippen LogP contribution in [0.3, 0.4) is 0 Å². The summed E-state index contributed by atoms with van der Waals surface area (Å²) in [5.41, 5.74) is 6.93. The Balaban J connectivity index is 2.04. The van der Waals surface area contributed by atoms with Gasteiger partial charge in [-0.25, -0.2) is 8.42 Å². The van der Waals surface area contributed by atoms with Gasteiger partial charge in [-0.05, 0) is 18.2 Å². The van der Waals surface area contributed by atoms with Crippen LogP contribution in [-0.2, 0) is 14.8 Å². The zero-order valence-corrected chi connectivity index (χ0v) is 11.9. The minimum absolute atomic E-state index is 0.0355. The number of fused-ring (bicyclic) bond motifs is 1. The number of benzene rings is 1. The third-order valence-corrected chi connectivity index (χ3v) is 5.36. The lowest BCUT2D eigenvalue weighted by atomic mass is 10.2. The smallest absolute Gasteiger partial charge is 0.245 e. The number of ether oxygens (including phenoxy) is 1. The molecule has 3 rings (SSSR count). The number of nitrogens with two attached hydrogens (primary N) is 1. The maximum atomic E-state index is 12.7. The van der Waals surface area contributed by atoms with Crippen LogP contribution in [0.25, 0.3) is 10.9 Å². The van der Waals surface area contributed by atoms with E-state index >= 15 is 0 Å². The minimum Gasteiger partial charge on any atom is -0.399 e. The Morgan fingerprint density at radius 1 is 1.48 bits per heavy atom. The van der Waals surface area contributed by atoms with Crippen molar-refractivity contribution in [3.63, 3.8) is 0 Å². The van der Waals surface area contributed by atoms with E-state index in [0.29, 0.717) is 16.6 Å². The molecule has 0 radical (unpaired) electrons. The van der Waals surface area contributed by atoms with E-state index < -0.39 is 16.1 Å². The molecule has 1 aromatic heterocycles. The van der Waals surface area contributed by atoms with Gasteiger partial charge in [0.2, 0.25) is 10.0 Å². The van der Waals surface area contributed by atoms with Gasteiger partial charge in [-0.2, -0.15) is 9.57 Å². The molecule has 1 aliphatic heterocycles. The zero-order chi connectivity index (χ0) is 15.0. The first-order chi connectivity index (χ1) is 10.0. The number of hydrogen-bond acceptors (Lipinski definition) is 5. The molecule has 1 unspecified atom stereocenters. The summed E-state index contributed by atoms with van der Waals surface area (Å²) in [5.74, 6) is 0. The van der Waals surface area contributed by atoms with Crippen molar-refractivity contribution in [2.75, 3.05) is 25.4 Å². The number of aromatic nitrogens is 1. The number of nitriles is 1. The van der Waals surface area contributed by atoms with Crippen LogP contribution in [0.1, 0.15) is 0 Å². The van der Waals surface area contributed by atoms with Crippen LogP contribution >= 0.6 is 0 Å². The van der Waals surface area contributed by atoms with Gasteiger partial charge in [-0.3, -0.25) is 0 Å². The number of aromatic amines is 1. The maximum absolute atomic E-state index is 12.7. The predicted octanol–water partition coefficient (Wildman–Crippen LogP) is 0.663. The summed E-state index contributed by atoms with van der Waals surface area (Å²) in [5, 5.41) is 9.44. The molecule has 0 bridgehead atoms. The third kappa shape index (κ3) is 2.35. The number of nitrogens with one attached hydrogen (secondary N) is 1. The van der Waals surface area contributed by atoms with Gasteiger partial charge in [0, 0.05) is 29.3 Å². The van der Waals surface area contributed by atoms with Crippen LogP contribution in [0.2, 0.25) is 0 Å². The van der Waals surface area contributed by atoms with Crippen molar-refractivity contribution >= 4 is 26.6 Å². The molecule has 0 amide bonds. The van der Waals surface area contributed by atoms with E-state index in [-0.39, 0.29) is 24.6 Å². The lowest BCUT2D eigenvalue weighted by Crippen LogP contribution is -2.44. The topological polar surface area (TPSA) is 112 Å². The quantitative estimate of drug-likeness (QED) is 0.792. The summed E-state index contributed by atoms with van der Waals surface area (Å²) in [6.07, 6.45) is 0.722. The fourth-order valence-corrected chi connectivity index (χ4v) is 3.97. The van der Waals surface area contributed by atoms with Crippen molar-refractivity contribution in [1.82, 2.24) is 9.29 Å². The highest BCUT2D eigenvalue weighted by Crippen LogP contribution is 2.28. The van der Waals surface area contributed by atoms with Crippen molar-refractivity contribution < 1.29 is 13.2 Å². The van der Waals surface area contributed by atoms with Crippen molar-refractivity contribution in [3.8, 4) is 6.07 Å². The van der Waals surface area contributed by atoms with Gasteiger partial charge in [-0.15, -0.1) is 0 Å². The number of hydrogen-bond donors (Lipinski definition) is 2. The van der Waals surface area contributed by atoms with Crippen molar-refractivity contribution in [1.29, 1.82) is 5.26 Å². The Bertz CT molecular complexity index is 822. The van der Waals surface area contributed by atoms with Crippen LogP contribution in [0, 0.1) is 11.3 Å². The van der Waals surface area contributed by atoms with Gasteiger partial charge in [0.25, 0.3) is 0 Å². The fraction of sp³-hybridized carbons (Fsp3) is 0.308. The lowest BCUT2D eigenvalue weighted by Gasteiger charge is -2.28. The average Bonchev–Trinajstić information content (AvgIpc) is 2.91. The van der Waals surface area contributed by atoms with Crippen LogP contribution in [-0.4, -0.2) is 43.5 Å². The van der Waals surface area contributed by atoms with Crippen molar-refractivity contribution in [2.45, 2.75) is 11.0 Å². The van der Waals surface area contributed by atoms with Crippen LogP contribution in [0.5, 0.6) is 0 Å². The SMILES string of the molecule is N#CC1CN(S(=O)(=O)c2c[nH]c3ccc(N)cc23)CCO1.